The molecule has 0 amide bonds. The summed E-state index contributed by atoms with van der Waals surface area (Å²) in [5.41, 5.74) is 2.01. The fourth-order valence-electron chi connectivity index (χ4n) is 1.89. The Labute approximate surface area is 126 Å². The SMILES string of the molecule is CCOC(=O)c1ccc(C(O)c2cccc(Br)c2)cc1. The molecule has 0 radical (unpaired) electrons. The van der Waals surface area contributed by atoms with Gasteiger partial charge in [-0.25, -0.2) is 4.79 Å². The lowest BCUT2D eigenvalue weighted by molar-refractivity contribution is 0.0526. The summed E-state index contributed by atoms with van der Waals surface area (Å²) in [4.78, 5) is 11.5. The summed E-state index contributed by atoms with van der Waals surface area (Å²) in [6, 6.07) is 14.3. The van der Waals surface area contributed by atoms with Gasteiger partial charge in [-0.3, -0.25) is 0 Å². The van der Waals surface area contributed by atoms with E-state index >= 15 is 0 Å². The van der Waals surface area contributed by atoms with Crippen LogP contribution in [-0.2, 0) is 4.74 Å². The molecule has 0 spiro atoms. The number of rotatable bonds is 4. The Morgan fingerprint density at radius 3 is 2.50 bits per heavy atom. The molecule has 2 aromatic rings. The minimum atomic E-state index is -0.719. The summed E-state index contributed by atoms with van der Waals surface area (Å²) in [5.74, 6) is -0.351. The monoisotopic (exact) mass is 334 g/mol. The van der Waals surface area contributed by atoms with Gasteiger partial charge in [0.05, 0.1) is 12.2 Å². The van der Waals surface area contributed by atoms with Crippen LogP contribution in [-0.4, -0.2) is 17.7 Å². The standard InChI is InChI=1S/C16H15BrO3/c1-2-20-16(19)12-8-6-11(7-9-12)15(18)13-4-3-5-14(17)10-13/h3-10,15,18H,2H2,1H3. The Hall–Kier alpha value is -1.65. The number of carbonyl (C=O) groups excluding carboxylic acids is 1. The molecule has 0 aliphatic heterocycles. The number of hydrogen-bond acceptors (Lipinski definition) is 3. The maximum absolute atomic E-state index is 11.5. The van der Waals surface area contributed by atoms with Crippen molar-refractivity contribution in [1.29, 1.82) is 0 Å². The molecule has 0 fully saturated rings. The van der Waals surface area contributed by atoms with Crippen LogP contribution in [0.1, 0.15) is 34.5 Å². The van der Waals surface area contributed by atoms with Crippen molar-refractivity contribution >= 4 is 21.9 Å². The Balaban J connectivity index is 2.19. The quantitative estimate of drug-likeness (QED) is 0.867. The number of ether oxygens (including phenoxy) is 1. The molecule has 0 aliphatic rings. The van der Waals surface area contributed by atoms with Crippen LogP contribution in [0, 0.1) is 0 Å². The van der Waals surface area contributed by atoms with Gasteiger partial charge in [0, 0.05) is 4.47 Å². The van der Waals surface area contributed by atoms with Gasteiger partial charge >= 0.3 is 5.97 Å². The Bertz CT molecular complexity index is 593. The van der Waals surface area contributed by atoms with E-state index in [1.54, 1.807) is 31.2 Å². The van der Waals surface area contributed by atoms with E-state index < -0.39 is 6.10 Å². The lowest BCUT2D eigenvalue weighted by Crippen LogP contribution is -2.05. The molecule has 0 bridgehead atoms. The molecular weight excluding hydrogens is 320 g/mol. The predicted octanol–water partition coefficient (Wildman–Crippen LogP) is 3.71. The van der Waals surface area contributed by atoms with Crippen molar-refractivity contribution in [1.82, 2.24) is 0 Å². The molecule has 3 nitrogen and oxygen atoms in total. The smallest absolute Gasteiger partial charge is 0.338 e. The van der Waals surface area contributed by atoms with Crippen LogP contribution in [0.15, 0.2) is 53.0 Å². The molecule has 2 rings (SSSR count). The van der Waals surface area contributed by atoms with Gasteiger partial charge in [0.15, 0.2) is 0 Å². The van der Waals surface area contributed by atoms with Crippen LogP contribution in [0.3, 0.4) is 0 Å². The van der Waals surface area contributed by atoms with Crippen molar-refractivity contribution in [2.75, 3.05) is 6.61 Å². The van der Waals surface area contributed by atoms with Gasteiger partial charge in [-0.15, -0.1) is 0 Å². The van der Waals surface area contributed by atoms with Crippen molar-refractivity contribution in [3.8, 4) is 0 Å². The zero-order chi connectivity index (χ0) is 14.5. The van der Waals surface area contributed by atoms with Crippen molar-refractivity contribution in [2.45, 2.75) is 13.0 Å². The Morgan fingerprint density at radius 1 is 1.20 bits per heavy atom. The third-order valence-electron chi connectivity index (χ3n) is 2.90. The second-order valence-electron chi connectivity index (χ2n) is 4.30. The normalized spacial score (nSPS) is 11.9. The van der Waals surface area contributed by atoms with Gasteiger partial charge in [0.1, 0.15) is 6.10 Å². The number of benzene rings is 2. The molecule has 0 heterocycles. The first kappa shape index (κ1) is 14.8. The second kappa shape index (κ2) is 6.68. The topological polar surface area (TPSA) is 46.5 Å². The van der Waals surface area contributed by atoms with Gasteiger partial charge in [-0.2, -0.15) is 0 Å². The second-order valence-corrected chi connectivity index (χ2v) is 5.22. The van der Waals surface area contributed by atoms with Gasteiger partial charge < -0.3 is 9.84 Å². The van der Waals surface area contributed by atoms with E-state index in [1.807, 2.05) is 24.3 Å². The third kappa shape index (κ3) is 3.46. The van der Waals surface area contributed by atoms with E-state index in [2.05, 4.69) is 15.9 Å². The van der Waals surface area contributed by atoms with Crippen molar-refractivity contribution in [3.63, 3.8) is 0 Å². The van der Waals surface area contributed by atoms with Crippen molar-refractivity contribution in [2.24, 2.45) is 0 Å². The molecule has 20 heavy (non-hydrogen) atoms. The largest absolute Gasteiger partial charge is 0.462 e. The zero-order valence-electron chi connectivity index (χ0n) is 11.0. The number of hydrogen-bond donors (Lipinski definition) is 1. The van der Waals surface area contributed by atoms with Crippen LogP contribution in [0.2, 0.25) is 0 Å². The summed E-state index contributed by atoms with van der Waals surface area (Å²) in [6.07, 6.45) is -0.719. The molecule has 1 atom stereocenters. The molecule has 0 saturated carbocycles. The molecule has 104 valence electrons. The summed E-state index contributed by atoms with van der Waals surface area (Å²) in [6.45, 7) is 2.12. The van der Waals surface area contributed by atoms with Gasteiger partial charge in [-0.05, 0) is 42.3 Å². The van der Waals surface area contributed by atoms with Gasteiger partial charge in [-0.1, -0.05) is 40.2 Å². The van der Waals surface area contributed by atoms with Crippen LogP contribution < -0.4 is 0 Å². The van der Waals surface area contributed by atoms with E-state index in [-0.39, 0.29) is 5.97 Å². The number of halogens is 1. The number of aliphatic hydroxyl groups excluding tert-OH is 1. The summed E-state index contributed by atoms with van der Waals surface area (Å²) in [7, 11) is 0. The highest BCUT2D eigenvalue weighted by atomic mass is 79.9. The van der Waals surface area contributed by atoms with E-state index in [1.165, 1.54) is 0 Å². The van der Waals surface area contributed by atoms with Crippen LogP contribution in [0.25, 0.3) is 0 Å². The third-order valence-corrected chi connectivity index (χ3v) is 3.40. The average Bonchev–Trinajstić information content (AvgIpc) is 2.47. The summed E-state index contributed by atoms with van der Waals surface area (Å²) < 4.78 is 5.84. The first-order chi connectivity index (χ1) is 9.61. The molecule has 2 aromatic carbocycles. The van der Waals surface area contributed by atoms with E-state index in [9.17, 15) is 9.90 Å². The minimum absolute atomic E-state index is 0.348. The molecular formula is C16H15BrO3. The Kier molecular flexibility index (Phi) is 4.93. The minimum Gasteiger partial charge on any atom is -0.462 e. The first-order valence-electron chi connectivity index (χ1n) is 6.32. The van der Waals surface area contributed by atoms with E-state index in [4.69, 9.17) is 4.74 Å². The maximum Gasteiger partial charge on any atom is 0.338 e. The highest BCUT2D eigenvalue weighted by Gasteiger charge is 2.12. The van der Waals surface area contributed by atoms with Gasteiger partial charge in [0.25, 0.3) is 0 Å². The molecule has 4 heteroatoms. The van der Waals surface area contributed by atoms with Crippen LogP contribution in [0.4, 0.5) is 0 Å². The van der Waals surface area contributed by atoms with Gasteiger partial charge in [0.2, 0.25) is 0 Å². The van der Waals surface area contributed by atoms with E-state index in [0.717, 1.165) is 15.6 Å². The number of carbonyl (C=O) groups is 1. The molecule has 1 unspecified atom stereocenters. The average molecular weight is 335 g/mol. The highest BCUT2D eigenvalue weighted by Crippen LogP contribution is 2.24. The lowest BCUT2D eigenvalue weighted by Gasteiger charge is -2.12. The van der Waals surface area contributed by atoms with E-state index in [0.29, 0.717) is 12.2 Å². The zero-order valence-corrected chi connectivity index (χ0v) is 12.6. The van der Waals surface area contributed by atoms with Crippen molar-refractivity contribution < 1.29 is 14.6 Å². The molecule has 1 N–H and O–H groups in total. The summed E-state index contributed by atoms with van der Waals surface area (Å²) in [5, 5.41) is 10.3. The number of esters is 1. The number of aliphatic hydroxyl groups is 1. The molecule has 0 saturated heterocycles. The fraction of sp³-hybridized carbons (Fsp3) is 0.188. The Morgan fingerprint density at radius 2 is 1.90 bits per heavy atom. The predicted molar refractivity (Wildman–Crippen MR) is 80.6 cm³/mol. The highest BCUT2D eigenvalue weighted by molar-refractivity contribution is 9.10. The first-order valence-corrected chi connectivity index (χ1v) is 7.11. The van der Waals surface area contributed by atoms with Crippen molar-refractivity contribution in [3.05, 3.63) is 69.7 Å². The molecule has 0 aromatic heterocycles. The summed E-state index contributed by atoms with van der Waals surface area (Å²) >= 11 is 3.38. The maximum atomic E-state index is 11.5. The fourth-order valence-corrected chi connectivity index (χ4v) is 2.30. The van der Waals surface area contributed by atoms with Crippen LogP contribution in [0.5, 0.6) is 0 Å². The molecule has 0 aliphatic carbocycles. The van der Waals surface area contributed by atoms with Crippen LogP contribution >= 0.6 is 15.9 Å². The lowest BCUT2D eigenvalue weighted by atomic mass is 10.0.